The Bertz CT molecular complexity index is 707. The molecule has 0 unspecified atom stereocenters. The summed E-state index contributed by atoms with van der Waals surface area (Å²) in [6, 6.07) is 12.9. The van der Waals surface area contributed by atoms with Crippen LogP contribution in [0.5, 0.6) is 0 Å². The number of halogens is 2. The van der Waals surface area contributed by atoms with Crippen LogP contribution in [0.15, 0.2) is 42.5 Å². The lowest BCUT2D eigenvalue weighted by atomic mass is 10.1. The summed E-state index contributed by atoms with van der Waals surface area (Å²) >= 11 is 5.90. The third kappa shape index (κ3) is 4.51. The largest absolute Gasteiger partial charge is 0.372 e. The fourth-order valence-electron chi connectivity index (χ4n) is 3.15. The van der Waals surface area contributed by atoms with Crippen molar-refractivity contribution in [1.29, 1.82) is 0 Å². The minimum atomic E-state index is -0.595. The first-order valence-corrected chi connectivity index (χ1v) is 9.09. The molecule has 0 aliphatic carbocycles. The highest BCUT2D eigenvalue weighted by atomic mass is 35.5. The summed E-state index contributed by atoms with van der Waals surface area (Å²) in [5.74, 6) is -1.06. The van der Waals surface area contributed by atoms with Gasteiger partial charge >= 0.3 is 0 Å². The van der Waals surface area contributed by atoms with Crippen molar-refractivity contribution in [3.63, 3.8) is 0 Å². The molecule has 0 atom stereocenters. The highest BCUT2D eigenvalue weighted by molar-refractivity contribution is 6.33. The van der Waals surface area contributed by atoms with Crippen LogP contribution in [0.2, 0.25) is 5.02 Å². The van der Waals surface area contributed by atoms with E-state index in [9.17, 15) is 9.18 Å². The molecule has 1 amide bonds. The number of benzene rings is 2. The number of nitrogens with zero attached hydrogens (tertiary/aromatic N) is 1. The number of nitrogens with one attached hydrogen (secondary N) is 1. The molecule has 2 aromatic rings. The van der Waals surface area contributed by atoms with Crippen LogP contribution in [0, 0.1) is 5.82 Å². The third-order valence-corrected chi connectivity index (χ3v) is 4.84. The normalized spacial score (nSPS) is 13.9. The lowest BCUT2D eigenvalue weighted by molar-refractivity contribution is 0.0949. The third-order valence-electron chi connectivity index (χ3n) is 4.53. The molecule has 5 heteroatoms. The summed E-state index contributed by atoms with van der Waals surface area (Å²) in [5.41, 5.74) is 2.43. The first-order chi connectivity index (χ1) is 12.1. The van der Waals surface area contributed by atoms with Crippen LogP contribution >= 0.6 is 11.6 Å². The molecule has 1 saturated heterocycles. The minimum Gasteiger partial charge on any atom is -0.372 e. The van der Waals surface area contributed by atoms with Gasteiger partial charge < -0.3 is 10.2 Å². The van der Waals surface area contributed by atoms with E-state index in [1.165, 1.54) is 42.3 Å². The van der Waals surface area contributed by atoms with E-state index in [1.54, 1.807) is 0 Å². The van der Waals surface area contributed by atoms with E-state index < -0.39 is 11.7 Å². The quantitative estimate of drug-likeness (QED) is 0.772. The number of hydrogen-bond acceptors (Lipinski definition) is 2. The molecule has 132 valence electrons. The van der Waals surface area contributed by atoms with Crippen molar-refractivity contribution in [3.8, 4) is 0 Å². The van der Waals surface area contributed by atoms with Crippen molar-refractivity contribution in [1.82, 2.24) is 5.32 Å². The van der Waals surface area contributed by atoms with Crippen molar-refractivity contribution >= 4 is 23.2 Å². The van der Waals surface area contributed by atoms with E-state index in [-0.39, 0.29) is 10.6 Å². The zero-order chi connectivity index (χ0) is 17.6. The van der Waals surface area contributed by atoms with Gasteiger partial charge in [-0.15, -0.1) is 0 Å². The summed E-state index contributed by atoms with van der Waals surface area (Å²) in [7, 11) is 0. The second kappa shape index (κ2) is 8.34. The number of anilines is 1. The molecule has 1 aliphatic rings. The molecule has 3 nitrogen and oxygen atoms in total. The van der Waals surface area contributed by atoms with Gasteiger partial charge in [0.05, 0.1) is 10.6 Å². The highest BCUT2D eigenvalue weighted by Gasteiger charge is 2.15. The van der Waals surface area contributed by atoms with Gasteiger partial charge in [0.1, 0.15) is 5.82 Å². The minimum absolute atomic E-state index is 0.0841. The van der Waals surface area contributed by atoms with Gasteiger partial charge in [-0.2, -0.15) is 0 Å². The number of amides is 1. The standard InChI is InChI=1S/C20H22ClFN2O/c21-17-6-3-7-18(22)19(17)20(25)23-12-4-5-15-8-10-16(11-9-15)24-13-1-2-14-24/h3,6-11H,1-2,4-5,12-14H2,(H,23,25). The van der Waals surface area contributed by atoms with Crippen LogP contribution in [0.1, 0.15) is 35.2 Å². The van der Waals surface area contributed by atoms with E-state index in [0.29, 0.717) is 6.54 Å². The Morgan fingerprint density at radius 1 is 1.12 bits per heavy atom. The summed E-state index contributed by atoms with van der Waals surface area (Å²) < 4.78 is 13.7. The zero-order valence-electron chi connectivity index (χ0n) is 14.1. The molecular formula is C20H22ClFN2O. The lowest BCUT2D eigenvalue weighted by Gasteiger charge is -2.17. The van der Waals surface area contributed by atoms with Gasteiger partial charge in [-0.25, -0.2) is 4.39 Å². The Hall–Kier alpha value is -2.07. The number of rotatable bonds is 6. The fraction of sp³-hybridized carbons (Fsp3) is 0.350. The monoisotopic (exact) mass is 360 g/mol. The van der Waals surface area contributed by atoms with E-state index in [0.717, 1.165) is 25.9 Å². The molecule has 1 heterocycles. The maximum absolute atomic E-state index is 13.7. The summed E-state index contributed by atoms with van der Waals surface area (Å²) in [6.45, 7) is 2.77. The summed E-state index contributed by atoms with van der Waals surface area (Å²) in [5, 5.41) is 2.87. The molecule has 2 aromatic carbocycles. The van der Waals surface area contributed by atoms with E-state index in [4.69, 9.17) is 11.6 Å². The van der Waals surface area contributed by atoms with Crippen molar-refractivity contribution in [3.05, 3.63) is 64.4 Å². The summed E-state index contributed by atoms with van der Waals surface area (Å²) in [6.07, 6.45) is 4.20. The molecule has 3 rings (SSSR count). The van der Waals surface area contributed by atoms with Crippen LogP contribution in [0.3, 0.4) is 0 Å². The fourth-order valence-corrected chi connectivity index (χ4v) is 3.40. The molecular weight excluding hydrogens is 339 g/mol. The van der Waals surface area contributed by atoms with Crippen LogP contribution in [0.4, 0.5) is 10.1 Å². The molecule has 1 aliphatic heterocycles. The Morgan fingerprint density at radius 3 is 2.52 bits per heavy atom. The molecule has 0 saturated carbocycles. The maximum atomic E-state index is 13.7. The molecule has 0 spiro atoms. The van der Waals surface area contributed by atoms with E-state index in [2.05, 4.69) is 34.5 Å². The first kappa shape index (κ1) is 17.7. The Balaban J connectivity index is 1.46. The second-order valence-corrected chi connectivity index (χ2v) is 6.72. The molecule has 1 fully saturated rings. The number of hydrogen-bond donors (Lipinski definition) is 1. The van der Waals surface area contributed by atoms with Crippen molar-refractivity contribution in [2.75, 3.05) is 24.5 Å². The van der Waals surface area contributed by atoms with Gasteiger partial charge in [-0.05, 0) is 55.5 Å². The van der Waals surface area contributed by atoms with Gasteiger partial charge in [-0.3, -0.25) is 4.79 Å². The topological polar surface area (TPSA) is 32.3 Å². The Morgan fingerprint density at radius 2 is 1.84 bits per heavy atom. The van der Waals surface area contributed by atoms with Crippen LogP contribution in [-0.2, 0) is 6.42 Å². The number of aryl methyl sites for hydroxylation is 1. The van der Waals surface area contributed by atoms with Crippen LogP contribution in [0.25, 0.3) is 0 Å². The Labute approximate surface area is 152 Å². The molecule has 0 bridgehead atoms. The number of carbonyl (C=O) groups excluding carboxylic acids is 1. The van der Waals surface area contributed by atoms with Crippen molar-refractivity contribution < 1.29 is 9.18 Å². The maximum Gasteiger partial charge on any atom is 0.255 e. The van der Waals surface area contributed by atoms with Gasteiger partial charge in [0.2, 0.25) is 0 Å². The van der Waals surface area contributed by atoms with Gasteiger partial charge in [0.15, 0.2) is 0 Å². The average Bonchev–Trinajstić information content (AvgIpc) is 3.14. The van der Waals surface area contributed by atoms with Crippen molar-refractivity contribution in [2.24, 2.45) is 0 Å². The van der Waals surface area contributed by atoms with E-state index in [1.807, 2.05) is 0 Å². The predicted molar refractivity (Wildman–Crippen MR) is 100.0 cm³/mol. The van der Waals surface area contributed by atoms with Crippen LogP contribution < -0.4 is 10.2 Å². The molecule has 0 aromatic heterocycles. The predicted octanol–water partition coefficient (Wildman–Crippen LogP) is 4.44. The zero-order valence-corrected chi connectivity index (χ0v) is 14.9. The van der Waals surface area contributed by atoms with Crippen LogP contribution in [-0.4, -0.2) is 25.5 Å². The SMILES string of the molecule is O=C(NCCCc1ccc(N2CCCC2)cc1)c1c(F)cccc1Cl. The molecule has 0 radical (unpaired) electrons. The highest BCUT2D eigenvalue weighted by Crippen LogP contribution is 2.21. The average molecular weight is 361 g/mol. The molecule has 1 N–H and O–H groups in total. The summed E-state index contributed by atoms with van der Waals surface area (Å²) in [4.78, 5) is 14.5. The van der Waals surface area contributed by atoms with Gasteiger partial charge in [0, 0.05) is 25.3 Å². The smallest absolute Gasteiger partial charge is 0.255 e. The van der Waals surface area contributed by atoms with Gasteiger partial charge in [-0.1, -0.05) is 29.8 Å². The molecule has 25 heavy (non-hydrogen) atoms. The van der Waals surface area contributed by atoms with E-state index >= 15 is 0 Å². The first-order valence-electron chi connectivity index (χ1n) is 8.71. The van der Waals surface area contributed by atoms with Crippen molar-refractivity contribution in [2.45, 2.75) is 25.7 Å². The van der Waals surface area contributed by atoms with Gasteiger partial charge in [0.25, 0.3) is 5.91 Å². The number of carbonyl (C=O) groups is 1. The lowest BCUT2D eigenvalue weighted by Crippen LogP contribution is -2.26. The Kier molecular flexibility index (Phi) is 5.92. The second-order valence-electron chi connectivity index (χ2n) is 6.32.